The molecular weight excluding hydrogens is 433 g/mol. The lowest BCUT2D eigenvalue weighted by atomic mass is 10.2. The highest BCUT2D eigenvalue weighted by Crippen LogP contribution is 2.23. The fourth-order valence-electron chi connectivity index (χ4n) is 2.58. The Hall–Kier alpha value is -2.12. The van der Waals surface area contributed by atoms with Gasteiger partial charge in [0.2, 0.25) is 5.78 Å². The van der Waals surface area contributed by atoms with Crippen molar-refractivity contribution in [2.45, 2.75) is 20.0 Å². The largest absolute Gasteiger partial charge is 0.489 e. The van der Waals surface area contributed by atoms with E-state index in [-0.39, 0.29) is 19.0 Å². The second kappa shape index (κ2) is 10.1. The number of ether oxygens (including phenoxy) is 2. The van der Waals surface area contributed by atoms with Crippen molar-refractivity contribution < 1.29 is 19.4 Å². The topological polar surface area (TPSA) is 68.7 Å². The lowest BCUT2D eigenvalue weighted by Gasteiger charge is -2.09. The molecule has 0 amide bonds. The van der Waals surface area contributed by atoms with E-state index in [1.807, 2.05) is 6.92 Å². The number of hydrogen-bond donors (Lipinski definition) is 1. The molecule has 3 aromatic rings. The highest BCUT2D eigenvalue weighted by molar-refractivity contribution is 7.13. The summed E-state index contributed by atoms with van der Waals surface area (Å²) in [5.74, 6) is 1.02. The van der Waals surface area contributed by atoms with Gasteiger partial charge in [0.05, 0.1) is 5.69 Å². The van der Waals surface area contributed by atoms with Gasteiger partial charge in [-0.3, -0.25) is 4.79 Å². The van der Waals surface area contributed by atoms with E-state index in [1.165, 1.54) is 11.3 Å². The number of carbonyl (C=O) groups is 1. The van der Waals surface area contributed by atoms with Crippen LogP contribution in [0.5, 0.6) is 11.5 Å². The van der Waals surface area contributed by atoms with Crippen LogP contribution in [0.4, 0.5) is 0 Å². The van der Waals surface area contributed by atoms with Crippen LogP contribution < -0.4 is 9.47 Å². The number of aryl methyl sites for hydroxylation is 1. The summed E-state index contributed by atoms with van der Waals surface area (Å²) >= 11 is 13.3. The molecule has 0 atom stereocenters. The van der Waals surface area contributed by atoms with Crippen molar-refractivity contribution in [2.75, 3.05) is 13.2 Å². The van der Waals surface area contributed by atoms with Crippen molar-refractivity contribution in [2.24, 2.45) is 0 Å². The van der Waals surface area contributed by atoms with Crippen molar-refractivity contribution in [1.82, 2.24) is 4.98 Å². The van der Waals surface area contributed by atoms with E-state index in [9.17, 15) is 4.79 Å². The van der Waals surface area contributed by atoms with E-state index < -0.39 is 0 Å². The highest BCUT2D eigenvalue weighted by atomic mass is 35.5. The molecule has 1 aromatic heterocycles. The zero-order valence-electron chi connectivity index (χ0n) is 15.7. The van der Waals surface area contributed by atoms with Gasteiger partial charge in [-0.1, -0.05) is 23.2 Å². The summed E-state index contributed by atoms with van der Waals surface area (Å²) in [4.78, 5) is 17.5. The molecule has 0 aliphatic carbocycles. The van der Waals surface area contributed by atoms with Gasteiger partial charge in [0.15, 0.2) is 11.6 Å². The van der Waals surface area contributed by atoms with E-state index in [2.05, 4.69) is 4.98 Å². The van der Waals surface area contributed by atoms with E-state index in [0.717, 1.165) is 16.1 Å². The van der Waals surface area contributed by atoms with Gasteiger partial charge >= 0.3 is 0 Å². The van der Waals surface area contributed by atoms with Crippen LogP contribution in [0.25, 0.3) is 0 Å². The molecule has 0 fully saturated rings. The van der Waals surface area contributed by atoms with Gasteiger partial charge in [-0.05, 0) is 55.0 Å². The quantitative estimate of drug-likeness (QED) is 0.456. The molecule has 0 bridgehead atoms. The number of nitrogens with zero attached hydrogens (tertiary/aromatic N) is 1. The molecule has 0 aliphatic rings. The van der Waals surface area contributed by atoms with Gasteiger partial charge in [-0.2, -0.15) is 0 Å². The fraction of sp³-hybridized carbons (Fsp3) is 0.238. The molecule has 2 aromatic carbocycles. The normalized spacial score (nSPS) is 10.8. The molecular formula is C21H19Cl2NO4S. The van der Waals surface area contributed by atoms with Crippen molar-refractivity contribution in [3.63, 3.8) is 0 Å². The van der Waals surface area contributed by atoms with E-state index >= 15 is 0 Å². The minimum Gasteiger partial charge on any atom is -0.489 e. The number of benzene rings is 2. The van der Waals surface area contributed by atoms with Crippen LogP contribution in [-0.4, -0.2) is 29.1 Å². The molecule has 0 radical (unpaired) electrons. The van der Waals surface area contributed by atoms with Gasteiger partial charge in [0.1, 0.15) is 18.1 Å². The smallest absolute Gasteiger partial charge is 0.228 e. The van der Waals surface area contributed by atoms with Crippen LogP contribution in [0.3, 0.4) is 0 Å². The number of carbonyl (C=O) groups excluding carboxylic acids is 1. The van der Waals surface area contributed by atoms with E-state index in [0.29, 0.717) is 39.6 Å². The minimum atomic E-state index is -0.194. The fourth-order valence-corrected chi connectivity index (χ4v) is 4.13. The molecule has 0 saturated carbocycles. The van der Waals surface area contributed by atoms with Gasteiger partial charge in [-0.15, -0.1) is 11.3 Å². The number of aliphatic hydroxyl groups is 1. The van der Waals surface area contributed by atoms with Crippen LogP contribution in [0, 0.1) is 6.92 Å². The molecule has 29 heavy (non-hydrogen) atoms. The first-order valence-electron chi connectivity index (χ1n) is 8.85. The summed E-state index contributed by atoms with van der Waals surface area (Å²) in [6.45, 7) is 2.09. The van der Waals surface area contributed by atoms with Crippen LogP contribution in [-0.2, 0) is 13.0 Å². The first-order chi connectivity index (χ1) is 13.9. The van der Waals surface area contributed by atoms with Crippen molar-refractivity contribution in [3.8, 4) is 11.5 Å². The predicted molar refractivity (Wildman–Crippen MR) is 115 cm³/mol. The van der Waals surface area contributed by atoms with Crippen LogP contribution >= 0.6 is 34.5 Å². The summed E-state index contributed by atoms with van der Waals surface area (Å²) in [6, 6.07) is 12.2. The first-order valence-corrected chi connectivity index (χ1v) is 10.4. The molecule has 8 heteroatoms. The monoisotopic (exact) mass is 451 g/mol. The van der Waals surface area contributed by atoms with Crippen molar-refractivity contribution in [3.05, 3.63) is 73.7 Å². The summed E-state index contributed by atoms with van der Waals surface area (Å²) in [5.41, 5.74) is 1.64. The molecule has 0 unspecified atom stereocenters. The number of rotatable bonds is 9. The molecule has 0 saturated heterocycles. The third-order valence-electron chi connectivity index (χ3n) is 3.99. The Balaban J connectivity index is 1.52. The minimum absolute atomic E-state index is 0.0337. The summed E-state index contributed by atoms with van der Waals surface area (Å²) in [6.07, 6.45) is 0.500. The Morgan fingerprint density at radius 1 is 1.07 bits per heavy atom. The summed E-state index contributed by atoms with van der Waals surface area (Å²) in [7, 11) is 0. The zero-order chi connectivity index (χ0) is 20.8. The molecule has 0 spiro atoms. The number of aliphatic hydroxyl groups excluding tert-OH is 1. The number of halogens is 2. The summed E-state index contributed by atoms with van der Waals surface area (Å²) < 4.78 is 11.3. The maximum absolute atomic E-state index is 12.3. The third kappa shape index (κ3) is 6.18. The number of thiazole rings is 1. The zero-order valence-corrected chi connectivity index (χ0v) is 18.0. The predicted octanol–water partition coefficient (Wildman–Crippen LogP) is 5.13. The molecule has 1 heterocycles. The van der Waals surface area contributed by atoms with Gasteiger partial charge < -0.3 is 14.6 Å². The number of aromatic nitrogens is 1. The average molecular weight is 452 g/mol. The van der Waals surface area contributed by atoms with E-state index in [1.54, 1.807) is 42.5 Å². The van der Waals surface area contributed by atoms with Gasteiger partial charge in [0.25, 0.3) is 0 Å². The molecule has 3 rings (SSSR count). The van der Waals surface area contributed by atoms with Crippen molar-refractivity contribution in [1.29, 1.82) is 0 Å². The maximum Gasteiger partial charge on any atom is 0.228 e. The second-order valence-corrected chi connectivity index (χ2v) is 8.21. The lowest BCUT2D eigenvalue weighted by Crippen LogP contribution is -2.11. The maximum atomic E-state index is 12.3. The standard InChI is InChI=1S/C21H19Cl2NO4S/c1-13-20(6-7-25)29-21(24-13)19(26)12-28-18-4-2-17(3-5-18)27-11-14-8-15(22)10-16(23)9-14/h2-5,8-10,25H,6-7,11-12H2,1H3. The molecule has 5 nitrogen and oxygen atoms in total. The Kier molecular flexibility index (Phi) is 7.50. The molecule has 1 N–H and O–H groups in total. The van der Waals surface area contributed by atoms with Gasteiger partial charge in [0, 0.05) is 28.0 Å². The number of ketones is 1. The van der Waals surface area contributed by atoms with Crippen molar-refractivity contribution >= 4 is 40.3 Å². The number of hydrogen-bond acceptors (Lipinski definition) is 6. The average Bonchev–Trinajstić information content (AvgIpc) is 3.05. The highest BCUT2D eigenvalue weighted by Gasteiger charge is 2.15. The molecule has 152 valence electrons. The SMILES string of the molecule is Cc1nc(C(=O)COc2ccc(OCc3cc(Cl)cc(Cl)c3)cc2)sc1CCO. The second-order valence-electron chi connectivity index (χ2n) is 6.25. The Bertz CT molecular complexity index is 969. The first kappa shape index (κ1) is 21.6. The lowest BCUT2D eigenvalue weighted by molar-refractivity contribution is 0.0921. The van der Waals surface area contributed by atoms with Crippen LogP contribution in [0.1, 0.15) is 25.9 Å². The van der Waals surface area contributed by atoms with Crippen LogP contribution in [0.2, 0.25) is 10.0 Å². The number of Topliss-reactive ketones (excluding diaryl/α,β-unsaturated/α-hetero) is 1. The Morgan fingerprint density at radius 2 is 1.69 bits per heavy atom. The van der Waals surface area contributed by atoms with Crippen LogP contribution in [0.15, 0.2) is 42.5 Å². The molecule has 0 aliphatic heterocycles. The summed E-state index contributed by atoms with van der Waals surface area (Å²) in [5, 5.41) is 10.6. The Labute approximate surface area is 182 Å². The van der Waals surface area contributed by atoms with E-state index in [4.69, 9.17) is 37.8 Å². The third-order valence-corrected chi connectivity index (χ3v) is 5.69. The van der Waals surface area contributed by atoms with Gasteiger partial charge in [-0.25, -0.2) is 4.98 Å². The Morgan fingerprint density at radius 3 is 2.31 bits per heavy atom.